The predicted molar refractivity (Wildman–Crippen MR) is 105 cm³/mol. The van der Waals surface area contributed by atoms with E-state index in [1.165, 1.54) is 0 Å². The highest BCUT2D eigenvalue weighted by Gasteiger charge is 2.31. The first-order valence-electron chi connectivity index (χ1n) is 10.1. The number of amides is 3. The van der Waals surface area contributed by atoms with Gasteiger partial charge in [-0.05, 0) is 37.7 Å². The van der Waals surface area contributed by atoms with E-state index < -0.39 is 11.9 Å². The fourth-order valence-corrected chi connectivity index (χ4v) is 3.95. The molecule has 7 heteroatoms. The van der Waals surface area contributed by atoms with Crippen molar-refractivity contribution in [2.75, 3.05) is 32.7 Å². The number of urea groups is 1. The van der Waals surface area contributed by atoms with Crippen LogP contribution in [0, 0.1) is 11.8 Å². The lowest BCUT2D eigenvalue weighted by Crippen LogP contribution is -2.48. The molecule has 0 bridgehead atoms. The van der Waals surface area contributed by atoms with Crippen LogP contribution in [0.4, 0.5) is 4.79 Å². The largest absolute Gasteiger partial charge is 0.481 e. The number of nitrogens with one attached hydrogen (secondary N) is 1. The van der Waals surface area contributed by atoms with Crippen molar-refractivity contribution in [3.8, 4) is 0 Å². The highest BCUT2D eigenvalue weighted by Crippen LogP contribution is 2.20. The van der Waals surface area contributed by atoms with Gasteiger partial charge in [-0.3, -0.25) is 9.59 Å². The standard InChI is InChI=1S/C21H29N3O4/c25-19(22-15-18(20(26)27)14-16-6-2-1-3-7-16)17-8-12-24(13-9-17)21(28)23-10-4-5-11-23/h1-3,6-7,17-18H,4-5,8-15H2,(H,22,25)(H,26,27). The normalized spacial score (nSPS) is 18.7. The third kappa shape index (κ3) is 5.24. The van der Waals surface area contributed by atoms with E-state index in [0.29, 0.717) is 32.4 Å². The van der Waals surface area contributed by atoms with Crippen LogP contribution in [0.25, 0.3) is 0 Å². The number of hydrogen-bond donors (Lipinski definition) is 2. The van der Waals surface area contributed by atoms with Crippen LogP contribution in [0.2, 0.25) is 0 Å². The molecule has 1 aromatic rings. The molecule has 2 heterocycles. The first-order chi connectivity index (χ1) is 13.5. The summed E-state index contributed by atoms with van der Waals surface area (Å²) in [6.07, 6.45) is 3.78. The van der Waals surface area contributed by atoms with E-state index in [0.717, 1.165) is 31.5 Å². The van der Waals surface area contributed by atoms with Crippen molar-refractivity contribution in [1.29, 1.82) is 0 Å². The first-order valence-corrected chi connectivity index (χ1v) is 10.1. The molecule has 1 aromatic carbocycles. The summed E-state index contributed by atoms with van der Waals surface area (Å²) in [5.74, 6) is -1.82. The summed E-state index contributed by atoms with van der Waals surface area (Å²) in [5.41, 5.74) is 0.942. The van der Waals surface area contributed by atoms with Gasteiger partial charge in [0, 0.05) is 38.6 Å². The Balaban J connectivity index is 1.44. The van der Waals surface area contributed by atoms with Crippen LogP contribution >= 0.6 is 0 Å². The molecule has 2 N–H and O–H groups in total. The number of rotatable bonds is 6. The number of piperidine rings is 1. The zero-order chi connectivity index (χ0) is 19.9. The number of nitrogens with zero attached hydrogens (tertiary/aromatic N) is 2. The summed E-state index contributed by atoms with van der Waals surface area (Å²) < 4.78 is 0. The van der Waals surface area contributed by atoms with Crippen molar-refractivity contribution in [2.24, 2.45) is 11.8 Å². The van der Waals surface area contributed by atoms with Gasteiger partial charge in [-0.2, -0.15) is 0 Å². The van der Waals surface area contributed by atoms with Gasteiger partial charge in [0.15, 0.2) is 0 Å². The Kier molecular flexibility index (Phi) is 6.90. The van der Waals surface area contributed by atoms with Crippen molar-refractivity contribution < 1.29 is 19.5 Å². The number of carboxylic acids is 1. The summed E-state index contributed by atoms with van der Waals surface area (Å²) in [6.45, 7) is 2.95. The lowest BCUT2D eigenvalue weighted by atomic mass is 9.95. The molecule has 2 fully saturated rings. The van der Waals surface area contributed by atoms with Gasteiger partial charge >= 0.3 is 12.0 Å². The van der Waals surface area contributed by atoms with E-state index in [2.05, 4.69) is 5.32 Å². The van der Waals surface area contributed by atoms with Gasteiger partial charge < -0.3 is 20.2 Å². The summed E-state index contributed by atoms with van der Waals surface area (Å²) >= 11 is 0. The molecule has 152 valence electrons. The van der Waals surface area contributed by atoms with E-state index in [9.17, 15) is 19.5 Å². The summed E-state index contributed by atoms with van der Waals surface area (Å²) in [4.78, 5) is 40.2. The molecular weight excluding hydrogens is 358 g/mol. The van der Waals surface area contributed by atoms with Crippen LogP contribution in [0.5, 0.6) is 0 Å². The number of carbonyl (C=O) groups is 3. The average Bonchev–Trinajstić information content (AvgIpc) is 3.26. The Morgan fingerprint density at radius 2 is 1.61 bits per heavy atom. The Morgan fingerprint density at radius 1 is 1.00 bits per heavy atom. The quantitative estimate of drug-likeness (QED) is 0.781. The highest BCUT2D eigenvalue weighted by atomic mass is 16.4. The van der Waals surface area contributed by atoms with E-state index in [4.69, 9.17) is 0 Å². The SMILES string of the molecule is O=C(O)C(CNC(=O)C1CCN(C(=O)N2CCCC2)CC1)Cc1ccccc1. The fourth-order valence-electron chi connectivity index (χ4n) is 3.95. The Hall–Kier alpha value is -2.57. The molecule has 1 atom stereocenters. The summed E-state index contributed by atoms with van der Waals surface area (Å²) in [6, 6.07) is 9.52. The molecule has 2 saturated heterocycles. The molecule has 2 aliphatic heterocycles. The van der Waals surface area contributed by atoms with E-state index >= 15 is 0 Å². The van der Waals surface area contributed by atoms with Crippen LogP contribution < -0.4 is 5.32 Å². The molecule has 3 rings (SSSR count). The third-order valence-corrected chi connectivity index (χ3v) is 5.71. The van der Waals surface area contributed by atoms with Gasteiger partial charge in [0.2, 0.25) is 5.91 Å². The molecule has 1 unspecified atom stereocenters. The second-order valence-electron chi connectivity index (χ2n) is 7.71. The lowest BCUT2D eigenvalue weighted by Gasteiger charge is -2.34. The minimum absolute atomic E-state index is 0.0881. The maximum atomic E-state index is 12.5. The molecule has 0 aromatic heterocycles. The highest BCUT2D eigenvalue weighted by molar-refractivity contribution is 5.80. The summed E-state index contributed by atoms with van der Waals surface area (Å²) in [5, 5.41) is 12.3. The Labute approximate surface area is 165 Å². The molecule has 0 radical (unpaired) electrons. The van der Waals surface area contributed by atoms with Gasteiger partial charge in [-0.25, -0.2) is 4.79 Å². The number of carboxylic acid groups (broad SMARTS) is 1. The number of aliphatic carboxylic acids is 1. The van der Waals surface area contributed by atoms with Crippen molar-refractivity contribution in [3.63, 3.8) is 0 Å². The number of carbonyl (C=O) groups excluding carboxylic acids is 2. The van der Waals surface area contributed by atoms with Gasteiger partial charge in [0.1, 0.15) is 0 Å². The van der Waals surface area contributed by atoms with Crippen molar-refractivity contribution in [3.05, 3.63) is 35.9 Å². The number of likely N-dealkylation sites (tertiary alicyclic amines) is 2. The fraction of sp³-hybridized carbons (Fsp3) is 0.571. The minimum atomic E-state index is -0.907. The topological polar surface area (TPSA) is 90.0 Å². The van der Waals surface area contributed by atoms with E-state index in [1.54, 1.807) is 0 Å². The monoisotopic (exact) mass is 387 g/mol. The molecule has 0 saturated carbocycles. The van der Waals surface area contributed by atoms with Gasteiger partial charge in [0.25, 0.3) is 0 Å². The maximum Gasteiger partial charge on any atom is 0.319 e. The van der Waals surface area contributed by atoms with Crippen LogP contribution in [-0.2, 0) is 16.0 Å². The van der Waals surface area contributed by atoms with Gasteiger partial charge in [-0.1, -0.05) is 30.3 Å². The zero-order valence-electron chi connectivity index (χ0n) is 16.2. The zero-order valence-corrected chi connectivity index (χ0v) is 16.2. The Bertz CT molecular complexity index is 680. The summed E-state index contributed by atoms with van der Waals surface area (Å²) in [7, 11) is 0. The smallest absolute Gasteiger partial charge is 0.319 e. The molecule has 28 heavy (non-hydrogen) atoms. The van der Waals surface area contributed by atoms with Crippen molar-refractivity contribution in [2.45, 2.75) is 32.1 Å². The van der Waals surface area contributed by atoms with Crippen LogP contribution in [0.15, 0.2) is 30.3 Å². The first kappa shape index (κ1) is 20.2. The molecular formula is C21H29N3O4. The lowest BCUT2D eigenvalue weighted by molar-refractivity contribution is -0.141. The van der Waals surface area contributed by atoms with Crippen molar-refractivity contribution >= 4 is 17.9 Å². The molecule has 0 spiro atoms. The maximum absolute atomic E-state index is 12.5. The minimum Gasteiger partial charge on any atom is -0.481 e. The van der Waals surface area contributed by atoms with Gasteiger partial charge in [-0.15, -0.1) is 0 Å². The van der Waals surface area contributed by atoms with E-state index in [1.807, 2.05) is 40.1 Å². The molecule has 7 nitrogen and oxygen atoms in total. The second-order valence-corrected chi connectivity index (χ2v) is 7.71. The average molecular weight is 387 g/mol. The third-order valence-electron chi connectivity index (χ3n) is 5.71. The van der Waals surface area contributed by atoms with Crippen LogP contribution in [-0.4, -0.2) is 65.5 Å². The van der Waals surface area contributed by atoms with Crippen LogP contribution in [0.3, 0.4) is 0 Å². The second kappa shape index (κ2) is 9.57. The number of benzene rings is 1. The molecule has 3 amide bonds. The van der Waals surface area contributed by atoms with Crippen molar-refractivity contribution in [1.82, 2.24) is 15.1 Å². The molecule has 0 aliphatic carbocycles. The number of hydrogen-bond acceptors (Lipinski definition) is 3. The molecule has 2 aliphatic rings. The van der Waals surface area contributed by atoms with Gasteiger partial charge in [0.05, 0.1) is 5.92 Å². The predicted octanol–water partition coefficient (Wildman–Crippen LogP) is 1.97. The van der Waals surface area contributed by atoms with Crippen LogP contribution in [0.1, 0.15) is 31.2 Å². The van der Waals surface area contributed by atoms with E-state index in [-0.39, 0.29) is 24.4 Å². The Morgan fingerprint density at radius 3 is 2.21 bits per heavy atom.